The summed E-state index contributed by atoms with van der Waals surface area (Å²) in [6.07, 6.45) is 1.34. The van der Waals surface area contributed by atoms with E-state index in [1.807, 2.05) is 11.8 Å². The molecule has 1 aromatic rings. The van der Waals surface area contributed by atoms with Gasteiger partial charge in [-0.05, 0) is 13.8 Å². The van der Waals surface area contributed by atoms with Crippen molar-refractivity contribution in [3.05, 3.63) is 11.9 Å². The zero-order valence-electron chi connectivity index (χ0n) is 11.6. The SMILES string of the molecule is Cc1[nH]ncc1S(=O)(=O)N1CCN(C(C)C(=N)N)CC1. The van der Waals surface area contributed by atoms with Crippen LogP contribution < -0.4 is 5.73 Å². The average Bonchev–Trinajstić information content (AvgIpc) is 2.85. The first kappa shape index (κ1) is 14.9. The van der Waals surface area contributed by atoms with Crippen LogP contribution in [0.15, 0.2) is 11.1 Å². The topological polar surface area (TPSA) is 119 Å². The molecule has 112 valence electrons. The highest BCUT2D eigenvalue weighted by molar-refractivity contribution is 7.89. The van der Waals surface area contributed by atoms with E-state index in [4.69, 9.17) is 11.1 Å². The molecule has 0 bridgehead atoms. The number of amidine groups is 1. The number of nitrogens with one attached hydrogen (secondary N) is 2. The summed E-state index contributed by atoms with van der Waals surface area (Å²) in [4.78, 5) is 2.24. The molecule has 0 aliphatic carbocycles. The van der Waals surface area contributed by atoms with Crippen molar-refractivity contribution in [3.63, 3.8) is 0 Å². The Kier molecular flexibility index (Phi) is 4.11. The quantitative estimate of drug-likeness (QED) is 0.504. The summed E-state index contributed by atoms with van der Waals surface area (Å²) in [6, 6.07) is -0.157. The van der Waals surface area contributed by atoms with E-state index in [0.29, 0.717) is 31.9 Å². The molecule has 1 fully saturated rings. The fraction of sp³-hybridized carbons (Fsp3) is 0.636. The van der Waals surface area contributed by atoms with Gasteiger partial charge in [0.05, 0.1) is 17.9 Å². The second kappa shape index (κ2) is 5.51. The number of sulfonamides is 1. The third-order valence-electron chi connectivity index (χ3n) is 3.67. The van der Waals surface area contributed by atoms with Crippen molar-refractivity contribution in [2.45, 2.75) is 24.8 Å². The van der Waals surface area contributed by atoms with Gasteiger partial charge in [0.2, 0.25) is 10.0 Å². The molecule has 1 unspecified atom stereocenters. The van der Waals surface area contributed by atoms with Gasteiger partial charge in [-0.3, -0.25) is 15.4 Å². The van der Waals surface area contributed by atoms with Crippen LogP contribution in [0.25, 0.3) is 0 Å². The van der Waals surface area contributed by atoms with Crippen LogP contribution in [0.5, 0.6) is 0 Å². The maximum atomic E-state index is 12.5. The van der Waals surface area contributed by atoms with Crippen molar-refractivity contribution in [3.8, 4) is 0 Å². The Balaban J connectivity index is 2.08. The predicted molar refractivity (Wildman–Crippen MR) is 75.0 cm³/mol. The molecule has 20 heavy (non-hydrogen) atoms. The van der Waals surface area contributed by atoms with Gasteiger partial charge in [0.1, 0.15) is 10.7 Å². The lowest BCUT2D eigenvalue weighted by atomic mass is 10.2. The number of nitrogens with two attached hydrogens (primary N) is 1. The van der Waals surface area contributed by atoms with Gasteiger partial charge < -0.3 is 5.73 Å². The summed E-state index contributed by atoms with van der Waals surface area (Å²) in [5.41, 5.74) is 6.03. The van der Waals surface area contributed by atoms with Crippen molar-refractivity contribution in [2.24, 2.45) is 5.73 Å². The van der Waals surface area contributed by atoms with E-state index >= 15 is 0 Å². The third kappa shape index (κ3) is 2.69. The lowest BCUT2D eigenvalue weighted by molar-refractivity contribution is 0.173. The van der Waals surface area contributed by atoms with Crippen LogP contribution in [0.4, 0.5) is 0 Å². The zero-order valence-corrected chi connectivity index (χ0v) is 12.4. The number of aryl methyl sites for hydroxylation is 1. The Morgan fingerprint density at radius 2 is 2.05 bits per heavy atom. The van der Waals surface area contributed by atoms with Crippen molar-refractivity contribution < 1.29 is 8.42 Å². The minimum Gasteiger partial charge on any atom is -0.386 e. The molecule has 0 radical (unpaired) electrons. The fourth-order valence-electron chi connectivity index (χ4n) is 2.27. The highest BCUT2D eigenvalue weighted by Gasteiger charge is 2.32. The predicted octanol–water partition coefficient (Wildman–Crippen LogP) is -0.651. The van der Waals surface area contributed by atoms with Crippen molar-refractivity contribution in [1.82, 2.24) is 19.4 Å². The molecular weight excluding hydrogens is 280 g/mol. The Labute approximate surface area is 118 Å². The molecule has 0 spiro atoms. The molecule has 1 aliphatic rings. The van der Waals surface area contributed by atoms with E-state index in [2.05, 4.69) is 10.2 Å². The summed E-state index contributed by atoms with van der Waals surface area (Å²) in [6.45, 7) is 5.46. The van der Waals surface area contributed by atoms with Gasteiger partial charge in [-0.2, -0.15) is 9.40 Å². The standard InChI is InChI=1S/C11H20N6O2S/c1-8-10(7-14-15-8)20(18,19)17-5-3-16(4-6-17)9(2)11(12)13/h7,9H,3-6H2,1-2H3,(H3,12,13)(H,14,15). The second-order valence-electron chi connectivity index (χ2n) is 4.93. The molecule has 9 heteroatoms. The highest BCUT2D eigenvalue weighted by atomic mass is 32.2. The molecule has 2 heterocycles. The van der Waals surface area contributed by atoms with Crippen LogP contribution in [-0.2, 0) is 10.0 Å². The van der Waals surface area contributed by atoms with Gasteiger partial charge in [-0.15, -0.1) is 0 Å². The van der Waals surface area contributed by atoms with Crippen LogP contribution in [0.1, 0.15) is 12.6 Å². The normalized spacial score (nSPS) is 19.9. The molecule has 8 nitrogen and oxygen atoms in total. The van der Waals surface area contributed by atoms with Crippen molar-refractivity contribution in [2.75, 3.05) is 26.2 Å². The van der Waals surface area contributed by atoms with E-state index in [9.17, 15) is 8.42 Å². The van der Waals surface area contributed by atoms with E-state index in [1.165, 1.54) is 10.5 Å². The molecular formula is C11H20N6O2S. The van der Waals surface area contributed by atoms with Gasteiger partial charge in [-0.25, -0.2) is 8.42 Å². The van der Waals surface area contributed by atoms with Gasteiger partial charge in [-0.1, -0.05) is 0 Å². The van der Waals surface area contributed by atoms with Crippen LogP contribution in [0.2, 0.25) is 0 Å². The highest BCUT2D eigenvalue weighted by Crippen LogP contribution is 2.19. The zero-order chi connectivity index (χ0) is 14.9. The second-order valence-corrected chi connectivity index (χ2v) is 6.84. The molecule has 1 aromatic heterocycles. The van der Waals surface area contributed by atoms with Gasteiger partial charge in [0.15, 0.2) is 0 Å². The maximum Gasteiger partial charge on any atom is 0.246 e. The summed E-state index contributed by atoms with van der Waals surface area (Å²) in [5.74, 6) is 0.104. The van der Waals surface area contributed by atoms with Crippen LogP contribution in [-0.4, -0.2) is 65.9 Å². The number of hydrogen-bond donors (Lipinski definition) is 3. The molecule has 0 aromatic carbocycles. The minimum atomic E-state index is -3.49. The molecule has 0 amide bonds. The van der Waals surface area contributed by atoms with E-state index in [1.54, 1.807) is 6.92 Å². The number of piperazine rings is 1. The smallest absolute Gasteiger partial charge is 0.246 e. The Morgan fingerprint density at radius 3 is 2.50 bits per heavy atom. The molecule has 2 rings (SSSR count). The van der Waals surface area contributed by atoms with E-state index in [0.717, 1.165) is 0 Å². The first-order valence-corrected chi connectivity index (χ1v) is 7.86. The summed E-state index contributed by atoms with van der Waals surface area (Å²) in [5, 5.41) is 13.9. The molecule has 4 N–H and O–H groups in total. The Morgan fingerprint density at radius 1 is 1.45 bits per heavy atom. The van der Waals surface area contributed by atoms with Crippen LogP contribution in [0.3, 0.4) is 0 Å². The Bertz CT molecular complexity index is 588. The fourth-order valence-corrected chi connectivity index (χ4v) is 3.81. The lowest BCUT2D eigenvalue weighted by Gasteiger charge is -2.36. The summed E-state index contributed by atoms with van der Waals surface area (Å²) >= 11 is 0. The van der Waals surface area contributed by atoms with Crippen molar-refractivity contribution in [1.29, 1.82) is 5.41 Å². The lowest BCUT2D eigenvalue weighted by Crippen LogP contribution is -2.54. The average molecular weight is 300 g/mol. The number of H-pyrrole nitrogens is 1. The number of aromatic amines is 1. The largest absolute Gasteiger partial charge is 0.386 e. The van der Waals surface area contributed by atoms with E-state index < -0.39 is 10.0 Å². The van der Waals surface area contributed by atoms with Gasteiger partial charge in [0, 0.05) is 26.2 Å². The monoisotopic (exact) mass is 300 g/mol. The number of hydrogen-bond acceptors (Lipinski definition) is 5. The van der Waals surface area contributed by atoms with Crippen LogP contribution in [0, 0.1) is 12.3 Å². The summed E-state index contributed by atoms with van der Waals surface area (Å²) < 4.78 is 26.4. The Hall–Kier alpha value is -1.45. The first-order valence-electron chi connectivity index (χ1n) is 6.42. The third-order valence-corrected chi connectivity index (χ3v) is 5.68. The van der Waals surface area contributed by atoms with Gasteiger partial charge >= 0.3 is 0 Å². The molecule has 0 saturated carbocycles. The minimum absolute atomic E-state index is 0.104. The van der Waals surface area contributed by atoms with Crippen molar-refractivity contribution >= 4 is 15.9 Å². The summed E-state index contributed by atoms with van der Waals surface area (Å²) in [7, 11) is -3.49. The van der Waals surface area contributed by atoms with Crippen LogP contribution >= 0.6 is 0 Å². The molecule has 1 atom stereocenters. The van der Waals surface area contributed by atoms with E-state index in [-0.39, 0.29) is 16.8 Å². The first-order chi connectivity index (χ1) is 9.34. The molecule has 1 saturated heterocycles. The maximum absolute atomic E-state index is 12.5. The van der Waals surface area contributed by atoms with Gasteiger partial charge in [0.25, 0.3) is 0 Å². The number of rotatable bonds is 4. The number of nitrogens with zero attached hydrogens (tertiary/aromatic N) is 3. The molecule has 1 aliphatic heterocycles. The number of aromatic nitrogens is 2.